The summed E-state index contributed by atoms with van der Waals surface area (Å²) < 4.78 is 0. The molecule has 0 heterocycles. The summed E-state index contributed by atoms with van der Waals surface area (Å²) in [6.07, 6.45) is 0. The molecule has 76 valence electrons. The lowest BCUT2D eigenvalue weighted by Crippen LogP contribution is -2.24. The predicted octanol–water partition coefficient (Wildman–Crippen LogP) is 0.595. The minimum Gasteiger partial charge on any atom is -0.376 e. The fourth-order valence-electron chi connectivity index (χ4n) is 1.11. The van der Waals surface area contributed by atoms with Gasteiger partial charge in [0, 0.05) is 11.3 Å². The molecule has 0 spiro atoms. The second-order valence-electron chi connectivity index (χ2n) is 2.93. The minimum absolute atomic E-state index is 0.00361. The van der Waals surface area contributed by atoms with Crippen LogP contribution in [-0.4, -0.2) is 29.5 Å². The summed E-state index contributed by atoms with van der Waals surface area (Å²) >= 11 is 0. The van der Waals surface area contributed by atoms with E-state index in [4.69, 9.17) is 10.2 Å². The second-order valence-corrected chi connectivity index (χ2v) is 2.93. The smallest absolute Gasteiger partial charge is 0.159 e. The van der Waals surface area contributed by atoms with Gasteiger partial charge in [-0.25, -0.2) is 0 Å². The van der Waals surface area contributed by atoms with Crippen molar-refractivity contribution in [2.24, 2.45) is 0 Å². The number of carbonyl (C=O) groups excluding carboxylic acids is 1. The van der Waals surface area contributed by atoms with Gasteiger partial charge in [0.05, 0.1) is 0 Å². The van der Waals surface area contributed by atoms with Gasteiger partial charge in [-0.2, -0.15) is 0 Å². The summed E-state index contributed by atoms with van der Waals surface area (Å²) in [5.41, 5.74) is 1.30. The maximum absolute atomic E-state index is 11.0. The monoisotopic (exact) mass is 195 g/mol. The molecule has 1 rings (SSSR count). The molecular weight excluding hydrogens is 182 g/mol. The summed E-state index contributed by atoms with van der Waals surface area (Å²) in [5.74, 6) is -0.00361. The Balaban J connectivity index is 2.87. The summed E-state index contributed by atoms with van der Waals surface area (Å²) in [6, 6.07) is 6.69. The minimum atomic E-state index is -0.254. The highest BCUT2D eigenvalue weighted by Crippen LogP contribution is 2.14. The third-order valence-electron chi connectivity index (χ3n) is 1.98. The third kappa shape index (κ3) is 2.31. The highest BCUT2D eigenvalue weighted by molar-refractivity contribution is 5.94. The summed E-state index contributed by atoms with van der Waals surface area (Å²) in [5, 5.41) is 17.7. The van der Waals surface area contributed by atoms with Gasteiger partial charge in [0.1, 0.15) is 13.5 Å². The fourth-order valence-corrected chi connectivity index (χ4v) is 1.11. The first-order valence-corrected chi connectivity index (χ1v) is 4.26. The van der Waals surface area contributed by atoms with Gasteiger partial charge in [-0.05, 0) is 31.2 Å². The molecule has 0 aliphatic carbocycles. The Labute approximate surface area is 82.4 Å². The van der Waals surface area contributed by atoms with Crippen molar-refractivity contribution in [1.29, 1.82) is 0 Å². The van der Waals surface area contributed by atoms with Gasteiger partial charge in [0.15, 0.2) is 5.78 Å². The number of aliphatic hydroxyl groups is 2. The Kier molecular flexibility index (Phi) is 3.62. The van der Waals surface area contributed by atoms with E-state index in [1.807, 2.05) is 0 Å². The average molecular weight is 195 g/mol. The Morgan fingerprint density at radius 3 is 2.07 bits per heavy atom. The van der Waals surface area contributed by atoms with Crippen LogP contribution < -0.4 is 4.90 Å². The number of nitrogens with zero attached hydrogens (tertiary/aromatic N) is 1. The van der Waals surface area contributed by atoms with E-state index in [0.717, 1.165) is 0 Å². The van der Waals surface area contributed by atoms with Crippen molar-refractivity contribution in [2.75, 3.05) is 18.4 Å². The Morgan fingerprint density at radius 2 is 1.71 bits per heavy atom. The van der Waals surface area contributed by atoms with Crippen molar-refractivity contribution in [3.63, 3.8) is 0 Å². The summed E-state index contributed by atoms with van der Waals surface area (Å²) in [6.45, 7) is 0.983. The van der Waals surface area contributed by atoms with Crippen molar-refractivity contribution >= 4 is 11.5 Å². The number of benzene rings is 1. The molecule has 0 radical (unpaired) electrons. The highest BCUT2D eigenvalue weighted by atomic mass is 16.3. The molecule has 0 aromatic heterocycles. The van der Waals surface area contributed by atoms with Crippen molar-refractivity contribution in [2.45, 2.75) is 6.92 Å². The van der Waals surface area contributed by atoms with Crippen LogP contribution in [0.4, 0.5) is 5.69 Å². The van der Waals surface area contributed by atoms with Crippen molar-refractivity contribution < 1.29 is 15.0 Å². The first kappa shape index (κ1) is 10.7. The summed E-state index contributed by atoms with van der Waals surface area (Å²) in [7, 11) is 0. The molecule has 0 aliphatic heterocycles. The number of aliphatic hydroxyl groups excluding tert-OH is 2. The van der Waals surface area contributed by atoms with Gasteiger partial charge in [-0.1, -0.05) is 0 Å². The number of hydrogen-bond acceptors (Lipinski definition) is 4. The Hall–Kier alpha value is -1.39. The molecule has 0 atom stereocenters. The van der Waals surface area contributed by atoms with E-state index in [1.165, 1.54) is 11.8 Å². The van der Waals surface area contributed by atoms with Crippen molar-refractivity contribution in [3.8, 4) is 0 Å². The number of ketones is 1. The maximum Gasteiger partial charge on any atom is 0.159 e. The van der Waals surface area contributed by atoms with Gasteiger partial charge in [-0.3, -0.25) is 4.79 Å². The average Bonchev–Trinajstić information content (AvgIpc) is 2.20. The zero-order chi connectivity index (χ0) is 10.6. The molecule has 0 fully saturated rings. The summed E-state index contributed by atoms with van der Waals surface area (Å²) in [4.78, 5) is 12.3. The second kappa shape index (κ2) is 4.74. The molecule has 0 aliphatic rings. The molecular formula is C10H13NO3. The largest absolute Gasteiger partial charge is 0.376 e. The number of hydrogen-bond donors (Lipinski definition) is 2. The first-order valence-electron chi connectivity index (χ1n) is 4.26. The molecule has 2 N–H and O–H groups in total. The number of rotatable bonds is 4. The quantitative estimate of drug-likeness (QED) is 0.545. The van der Waals surface area contributed by atoms with E-state index in [0.29, 0.717) is 11.3 Å². The SMILES string of the molecule is CC(=O)c1ccc(N(CO)CO)cc1. The van der Waals surface area contributed by atoms with Gasteiger partial charge in [0.25, 0.3) is 0 Å². The van der Waals surface area contributed by atoms with Crippen molar-refractivity contribution in [1.82, 2.24) is 0 Å². The van der Waals surface area contributed by atoms with Crippen LogP contribution in [0.3, 0.4) is 0 Å². The standard InChI is InChI=1S/C10H13NO3/c1-8(14)9-2-4-10(5-3-9)11(6-12)7-13/h2-5,12-13H,6-7H2,1H3. The van der Waals surface area contributed by atoms with E-state index in [2.05, 4.69) is 0 Å². The Bertz CT molecular complexity index is 304. The molecule has 1 aromatic carbocycles. The maximum atomic E-state index is 11.0. The van der Waals surface area contributed by atoms with Crippen LogP contribution >= 0.6 is 0 Å². The van der Waals surface area contributed by atoms with Crippen LogP contribution in [-0.2, 0) is 0 Å². The van der Waals surface area contributed by atoms with Crippen LogP contribution in [0.2, 0.25) is 0 Å². The topological polar surface area (TPSA) is 60.8 Å². The van der Waals surface area contributed by atoms with Gasteiger partial charge in [0.2, 0.25) is 0 Å². The molecule has 0 saturated carbocycles. The van der Waals surface area contributed by atoms with Gasteiger partial charge in [-0.15, -0.1) is 0 Å². The van der Waals surface area contributed by atoms with E-state index in [1.54, 1.807) is 24.3 Å². The van der Waals surface area contributed by atoms with E-state index < -0.39 is 0 Å². The zero-order valence-electron chi connectivity index (χ0n) is 7.97. The van der Waals surface area contributed by atoms with Crippen LogP contribution in [0.25, 0.3) is 0 Å². The Morgan fingerprint density at radius 1 is 1.21 bits per heavy atom. The van der Waals surface area contributed by atoms with E-state index >= 15 is 0 Å². The van der Waals surface area contributed by atoms with Crippen LogP contribution in [0.1, 0.15) is 17.3 Å². The lowest BCUT2D eigenvalue weighted by molar-refractivity contribution is 0.101. The van der Waals surface area contributed by atoms with E-state index in [-0.39, 0.29) is 19.2 Å². The van der Waals surface area contributed by atoms with Crippen LogP contribution in [0, 0.1) is 0 Å². The van der Waals surface area contributed by atoms with Crippen LogP contribution in [0.15, 0.2) is 24.3 Å². The molecule has 4 heteroatoms. The van der Waals surface area contributed by atoms with E-state index in [9.17, 15) is 4.79 Å². The lowest BCUT2D eigenvalue weighted by Gasteiger charge is -2.18. The molecule has 0 unspecified atom stereocenters. The van der Waals surface area contributed by atoms with Crippen molar-refractivity contribution in [3.05, 3.63) is 29.8 Å². The number of anilines is 1. The lowest BCUT2D eigenvalue weighted by atomic mass is 10.1. The first-order chi connectivity index (χ1) is 6.69. The molecule has 0 amide bonds. The normalized spacial score (nSPS) is 9.93. The molecule has 14 heavy (non-hydrogen) atoms. The number of carbonyl (C=O) groups is 1. The molecule has 4 nitrogen and oxygen atoms in total. The molecule has 0 bridgehead atoms. The zero-order valence-corrected chi connectivity index (χ0v) is 7.97. The van der Waals surface area contributed by atoms with Gasteiger partial charge < -0.3 is 15.1 Å². The molecule has 1 aromatic rings. The van der Waals surface area contributed by atoms with Crippen LogP contribution in [0.5, 0.6) is 0 Å². The third-order valence-corrected chi connectivity index (χ3v) is 1.98. The number of Topliss-reactive ketones (excluding diaryl/α,β-unsaturated/α-hetero) is 1. The van der Waals surface area contributed by atoms with Gasteiger partial charge >= 0.3 is 0 Å². The molecule has 0 saturated heterocycles. The highest BCUT2D eigenvalue weighted by Gasteiger charge is 2.04. The predicted molar refractivity (Wildman–Crippen MR) is 53.1 cm³/mol. The fraction of sp³-hybridized carbons (Fsp3) is 0.300.